The number of hydrogen-bond acceptors (Lipinski definition) is 4. The van der Waals surface area contributed by atoms with Crippen LogP contribution >= 0.6 is 0 Å². The molecular weight excluding hydrogens is 328 g/mol. The molecule has 0 heterocycles. The number of aliphatic hydroxyl groups is 1. The van der Waals surface area contributed by atoms with Gasteiger partial charge in [-0.15, -0.1) is 0 Å². The molecule has 0 bridgehead atoms. The van der Waals surface area contributed by atoms with E-state index in [-0.39, 0.29) is 12.4 Å². The molecule has 0 fully saturated rings. The highest BCUT2D eigenvalue weighted by Gasteiger charge is 2.44. The van der Waals surface area contributed by atoms with Crippen LogP contribution in [-0.4, -0.2) is 30.2 Å². The summed E-state index contributed by atoms with van der Waals surface area (Å²) in [4.78, 5) is 12.4. The van der Waals surface area contributed by atoms with Gasteiger partial charge in [0.15, 0.2) is 5.78 Å². The van der Waals surface area contributed by atoms with Gasteiger partial charge in [0.1, 0.15) is 11.4 Å². The first kappa shape index (κ1) is 18.4. The van der Waals surface area contributed by atoms with Crippen LogP contribution in [0.15, 0.2) is 54.6 Å². The van der Waals surface area contributed by atoms with E-state index >= 15 is 0 Å². The second-order valence-corrected chi connectivity index (χ2v) is 6.86. The fraction of sp³-hybridized carbons (Fsp3) is 0.318. The van der Waals surface area contributed by atoms with Crippen LogP contribution in [0, 0.1) is 13.8 Å². The Morgan fingerprint density at radius 3 is 2.50 bits per heavy atom. The van der Waals surface area contributed by atoms with Gasteiger partial charge in [0, 0.05) is 0 Å². The predicted octanol–water partition coefficient (Wildman–Crippen LogP) is 3.48. The minimum atomic E-state index is -1.33. The lowest BCUT2D eigenvalue weighted by molar-refractivity contribution is -0.121. The smallest absolute Gasteiger partial charge is 0.166 e. The highest BCUT2D eigenvalue weighted by atomic mass is 16.5. The van der Waals surface area contributed by atoms with E-state index in [2.05, 4.69) is 0 Å². The second-order valence-electron chi connectivity index (χ2n) is 6.86. The van der Waals surface area contributed by atoms with Crippen LogP contribution in [0.3, 0.4) is 0 Å². The maximum Gasteiger partial charge on any atom is 0.166 e. The van der Waals surface area contributed by atoms with Crippen molar-refractivity contribution in [1.82, 2.24) is 0 Å². The third-order valence-electron chi connectivity index (χ3n) is 4.82. The van der Waals surface area contributed by atoms with Gasteiger partial charge in [-0.2, -0.15) is 0 Å². The van der Waals surface area contributed by atoms with Gasteiger partial charge in [-0.3, -0.25) is 4.79 Å². The van der Waals surface area contributed by atoms with E-state index in [1.165, 1.54) is 6.08 Å². The fourth-order valence-corrected chi connectivity index (χ4v) is 3.42. The van der Waals surface area contributed by atoms with Crippen molar-refractivity contribution in [3.63, 3.8) is 0 Å². The van der Waals surface area contributed by atoms with Crippen molar-refractivity contribution in [1.29, 1.82) is 0 Å². The molecule has 0 saturated heterocycles. The molecule has 2 atom stereocenters. The Morgan fingerprint density at radius 2 is 1.85 bits per heavy atom. The van der Waals surface area contributed by atoms with Crippen molar-refractivity contribution in [3.05, 3.63) is 76.9 Å². The minimum absolute atomic E-state index is 0.0548. The molecule has 0 amide bonds. The van der Waals surface area contributed by atoms with E-state index in [0.29, 0.717) is 6.61 Å². The van der Waals surface area contributed by atoms with Crippen molar-refractivity contribution in [2.75, 3.05) is 13.7 Å². The number of methoxy groups -OCH3 is 1. The number of aryl methyl sites for hydroxylation is 2. The summed E-state index contributed by atoms with van der Waals surface area (Å²) in [5.41, 5.74) is 2.63. The van der Waals surface area contributed by atoms with Gasteiger partial charge in [-0.1, -0.05) is 35.9 Å². The van der Waals surface area contributed by atoms with E-state index in [1.54, 1.807) is 13.2 Å². The van der Waals surface area contributed by atoms with E-state index in [9.17, 15) is 9.90 Å². The average Bonchev–Trinajstić information content (AvgIpc) is 2.91. The highest BCUT2D eigenvalue weighted by Crippen LogP contribution is 2.38. The number of benzene rings is 2. The van der Waals surface area contributed by atoms with Crippen molar-refractivity contribution >= 4 is 5.78 Å². The molecule has 2 aromatic rings. The average molecular weight is 352 g/mol. The molecule has 3 rings (SSSR count). The molecule has 1 aliphatic carbocycles. The summed E-state index contributed by atoms with van der Waals surface area (Å²) >= 11 is 0. The van der Waals surface area contributed by atoms with Crippen molar-refractivity contribution in [2.24, 2.45) is 0 Å². The Morgan fingerprint density at radius 1 is 1.12 bits per heavy atom. The van der Waals surface area contributed by atoms with Crippen LogP contribution in [-0.2, 0) is 16.1 Å². The van der Waals surface area contributed by atoms with E-state index in [4.69, 9.17) is 9.47 Å². The minimum Gasteiger partial charge on any atom is -0.497 e. The Labute approximate surface area is 154 Å². The van der Waals surface area contributed by atoms with Crippen molar-refractivity contribution in [3.8, 4) is 5.75 Å². The van der Waals surface area contributed by atoms with E-state index in [1.807, 2.05) is 56.3 Å². The van der Waals surface area contributed by atoms with Gasteiger partial charge in [0.2, 0.25) is 0 Å². The molecule has 4 heteroatoms. The van der Waals surface area contributed by atoms with Gasteiger partial charge in [0.05, 0.1) is 26.2 Å². The van der Waals surface area contributed by atoms with Crippen LogP contribution in [0.25, 0.3) is 0 Å². The summed E-state index contributed by atoms with van der Waals surface area (Å²) in [6.07, 6.45) is 3.02. The van der Waals surface area contributed by atoms with Gasteiger partial charge in [-0.25, -0.2) is 0 Å². The van der Waals surface area contributed by atoms with Crippen LogP contribution in [0.5, 0.6) is 5.75 Å². The molecule has 1 N–H and O–H groups in total. The second kappa shape index (κ2) is 7.44. The zero-order chi connectivity index (χ0) is 18.7. The number of ketones is 1. The standard InChI is InChI=1S/C22H24O4/c1-15-4-9-19(16(2)12-15)21-20(23)10-11-22(21,24)14-26-13-17-5-7-18(25-3)8-6-17/h4-12,21,24H,13-14H2,1-3H3/t21?,22-/m1/s1. The Balaban J connectivity index is 1.72. The fourth-order valence-electron chi connectivity index (χ4n) is 3.42. The van der Waals surface area contributed by atoms with Crippen LogP contribution in [0.2, 0.25) is 0 Å². The lowest BCUT2D eigenvalue weighted by Crippen LogP contribution is -2.39. The van der Waals surface area contributed by atoms with Crippen molar-refractivity contribution in [2.45, 2.75) is 32.0 Å². The zero-order valence-electron chi connectivity index (χ0n) is 15.4. The molecule has 1 unspecified atom stereocenters. The normalized spacial score (nSPS) is 22.0. The number of carbonyl (C=O) groups is 1. The molecule has 0 aliphatic heterocycles. The number of allylic oxidation sites excluding steroid dienone is 1. The van der Waals surface area contributed by atoms with Gasteiger partial charge >= 0.3 is 0 Å². The summed E-state index contributed by atoms with van der Waals surface area (Å²) < 4.78 is 10.9. The lowest BCUT2D eigenvalue weighted by atomic mass is 9.82. The Hall–Kier alpha value is -2.43. The van der Waals surface area contributed by atoms with Gasteiger partial charge in [-0.05, 0) is 54.8 Å². The van der Waals surface area contributed by atoms with E-state index in [0.717, 1.165) is 28.0 Å². The summed E-state index contributed by atoms with van der Waals surface area (Å²) in [6.45, 7) is 4.38. The quantitative estimate of drug-likeness (QED) is 0.865. The summed E-state index contributed by atoms with van der Waals surface area (Å²) in [5.74, 6) is 0.0677. The molecular formula is C22H24O4. The van der Waals surface area contributed by atoms with Crippen LogP contribution in [0.1, 0.15) is 28.2 Å². The molecule has 26 heavy (non-hydrogen) atoms. The van der Waals surface area contributed by atoms with Crippen LogP contribution in [0.4, 0.5) is 0 Å². The summed E-state index contributed by atoms with van der Waals surface area (Å²) in [5, 5.41) is 11.1. The molecule has 136 valence electrons. The predicted molar refractivity (Wildman–Crippen MR) is 100 cm³/mol. The third kappa shape index (κ3) is 3.71. The number of rotatable bonds is 6. The lowest BCUT2D eigenvalue weighted by Gasteiger charge is -2.29. The number of hydrogen-bond donors (Lipinski definition) is 1. The third-order valence-corrected chi connectivity index (χ3v) is 4.82. The molecule has 0 aromatic heterocycles. The zero-order valence-corrected chi connectivity index (χ0v) is 15.4. The highest BCUT2D eigenvalue weighted by molar-refractivity contribution is 6.00. The van der Waals surface area contributed by atoms with Gasteiger partial charge in [0.25, 0.3) is 0 Å². The Kier molecular flexibility index (Phi) is 5.25. The maximum absolute atomic E-state index is 12.4. The number of carbonyl (C=O) groups excluding carboxylic acids is 1. The van der Waals surface area contributed by atoms with Gasteiger partial charge < -0.3 is 14.6 Å². The molecule has 1 aliphatic rings. The molecule has 0 saturated carbocycles. The SMILES string of the molecule is COc1ccc(COC[C@]2(O)C=CC(=O)C2c2ccc(C)cc2C)cc1. The molecule has 0 spiro atoms. The molecule has 2 aromatic carbocycles. The maximum atomic E-state index is 12.4. The number of ether oxygens (including phenoxy) is 2. The first-order chi connectivity index (χ1) is 12.4. The largest absolute Gasteiger partial charge is 0.497 e. The summed E-state index contributed by atoms with van der Waals surface area (Å²) in [6, 6.07) is 13.5. The Bertz CT molecular complexity index is 823. The van der Waals surface area contributed by atoms with Crippen molar-refractivity contribution < 1.29 is 19.4 Å². The first-order valence-corrected chi connectivity index (χ1v) is 8.66. The van der Waals surface area contributed by atoms with E-state index < -0.39 is 11.5 Å². The topological polar surface area (TPSA) is 55.8 Å². The molecule has 0 radical (unpaired) electrons. The molecule has 4 nitrogen and oxygen atoms in total. The monoisotopic (exact) mass is 352 g/mol. The summed E-state index contributed by atoms with van der Waals surface area (Å²) in [7, 11) is 1.62. The van der Waals surface area contributed by atoms with Crippen LogP contribution < -0.4 is 4.74 Å². The first-order valence-electron chi connectivity index (χ1n) is 8.66.